The highest BCUT2D eigenvalue weighted by atomic mass is 14.4. The topological polar surface area (TPSA) is 0 Å². The smallest absolute Gasteiger partial charge is 0.0205 e. The van der Waals surface area contributed by atoms with Crippen LogP contribution < -0.4 is 0 Å². The average Bonchev–Trinajstić information content (AvgIpc) is 2.63. The summed E-state index contributed by atoms with van der Waals surface area (Å²) in [5.74, 6) is 6.10. The maximum absolute atomic E-state index is 2.63. The van der Waals surface area contributed by atoms with E-state index in [0.29, 0.717) is 0 Å². The van der Waals surface area contributed by atoms with Crippen LogP contribution in [-0.2, 0) is 0 Å². The number of rotatable bonds is 5. The molecule has 0 aromatic rings. The van der Waals surface area contributed by atoms with Gasteiger partial charge in [-0.15, -0.1) is 0 Å². The van der Waals surface area contributed by atoms with Gasteiger partial charge in [-0.05, 0) is 93.3 Å². The third-order valence-corrected chi connectivity index (χ3v) is 7.72. The second-order valence-electron chi connectivity index (χ2n) is 9.04. The zero-order chi connectivity index (χ0) is 16.1. The standard InChI is InChI=1S/C23H40/c1-3-5-19-8-12-21(13-9-19)23-16-14-22(15-17-23)20-10-6-18(4-2)7-11-20/h8,12,18-23H,3-7,9-11,13-17H2,1-2H3. The van der Waals surface area contributed by atoms with Crippen molar-refractivity contribution in [1.29, 1.82) is 0 Å². The highest BCUT2D eigenvalue weighted by Crippen LogP contribution is 2.45. The van der Waals surface area contributed by atoms with E-state index < -0.39 is 0 Å². The van der Waals surface area contributed by atoms with Crippen molar-refractivity contribution in [2.75, 3.05) is 0 Å². The van der Waals surface area contributed by atoms with Crippen molar-refractivity contribution in [3.05, 3.63) is 12.2 Å². The molecule has 3 aliphatic carbocycles. The molecular formula is C23H40. The predicted molar refractivity (Wildman–Crippen MR) is 101 cm³/mol. The fraction of sp³-hybridized carbons (Fsp3) is 0.913. The molecule has 0 nitrogen and oxygen atoms in total. The zero-order valence-electron chi connectivity index (χ0n) is 15.8. The minimum atomic E-state index is 0.904. The van der Waals surface area contributed by atoms with Crippen LogP contribution in [0.4, 0.5) is 0 Å². The molecule has 0 heterocycles. The molecule has 3 rings (SSSR count). The fourth-order valence-corrected chi connectivity index (χ4v) is 6.02. The first kappa shape index (κ1) is 17.6. The van der Waals surface area contributed by atoms with Crippen molar-refractivity contribution < 1.29 is 0 Å². The monoisotopic (exact) mass is 316 g/mol. The highest BCUT2D eigenvalue weighted by molar-refractivity contribution is 5.00. The average molecular weight is 317 g/mol. The second-order valence-corrected chi connectivity index (χ2v) is 9.04. The Balaban J connectivity index is 1.41. The normalized spacial score (nSPS) is 41.8. The largest absolute Gasteiger partial charge is 0.0851 e. The minimum absolute atomic E-state index is 0.904. The third kappa shape index (κ3) is 4.64. The first-order valence-corrected chi connectivity index (χ1v) is 11.0. The van der Waals surface area contributed by atoms with Crippen molar-refractivity contribution >= 4 is 0 Å². The summed E-state index contributed by atoms with van der Waals surface area (Å²) in [6.45, 7) is 4.72. The first-order valence-electron chi connectivity index (χ1n) is 11.0. The van der Waals surface area contributed by atoms with E-state index in [9.17, 15) is 0 Å². The fourth-order valence-electron chi connectivity index (χ4n) is 6.02. The van der Waals surface area contributed by atoms with Crippen LogP contribution in [0.3, 0.4) is 0 Å². The minimum Gasteiger partial charge on any atom is -0.0851 e. The Morgan fingerprint density at radius 2 is 1.26 bits per heavy atom. The molecule has 2 fully saturated rings. The molecular weight excluding hydrogens is 276 g/mol. The Hall–Kier alpha value is -0.260. The van der Waals surface area contributed by atoms with Gasteiger partial charge >= 0.3 is 0 Å². The molecule has 2 unspecified atom stereocenters. The Morgan fingerprint density at radius 3 is 1.78 bits per heavy atom. The summed E-state index contributed by atoms with van der Waals surface area (Å²) in [6.07, 6.45) is 24.7. The quantitative estimate of drug-likeness (QED) is 0.464. The summed E-state index contributed by atoms with van der Waals surface area (Å²) >= 11 is 0. The number of hydrogen-bond donors (Lipinski definition) is 0. The molecule has 0 bridgehead atoms. The van der Waals surface area contributed by atoms with E-state index in [0.717, 1.165) is 35.5 Å². The maximum Gasteiger partial charge on any atom is -0.0205 e. The summed E-state index contributed by atoms with van der Waals surface area (Å²) in [5.41, 5.74) is 0. The molecule has 0 aromatic heterocycles. The molecule has 2 atom stereocenters. The molecule has 0 spiro atoms. The lowest BCUT2D eigenvalue weighted by Gasteiger charge is -2.40. The summed E-state index contributed by atoms with van der Waals surface area (Å²) in [6, 6.07) is 0. The molecule has 0 saturated heterocycles. The van der Waals surface area contributed by atoms with E-state index in [4.69, 9.17) is 0 Å². The Kier molecular flexibility index (Phi) is 6.66. The molecule has 0 N–H and O–H groups in total. The summed E-state index contributed by atoms with van der Waals surface area (Å²) < 4.78 is 0. The van der Waals surface area contributed by atoms with E-state index in [-0.39, 0.29) is 0 Å². The predicted octanol–water partition coefficient (Wildman–Crippen LogP) is 7.39. The lowest BCUT2D eigenvalue weighted by Crippen LogP contribution is -2.28. The van der Waals surface area contributed by atoms with E-state index in [1.807, 2.05) is 0 Å². The number of hydrogen-bond acceptors (Lipinski definition) is 0. The molecule has 2 saturated carbocycles. The van der Waals surface area contributed by atoms with Crippen LogP contribution in [-0.4, -0.2) is 0 Å². The zero-order valence-corrected chi connectivity index (χ0v) is 15.8. The van der Waals surface area contributed by atoms with Crippen LogP contribution in [0.2, 0.25) is 0 Å². The van der Waals surface area contributed by atoms with E-state index in [1.165, 1.54) is 57.8 Å². The Morgan fingerprint density at radius 1 is 0.652 bits per heavy atom. The van der Waals surface area contributed by atoms with Crippen LogP contribution in [0.15, 0.2) is 12.2 Å². The van der Waals surface area contributed by atoms with Gasteiger partial charge in [0, 0.05) is 0 Å². The third-order valence-electron chi connectivity index (χ3n) is 7.72. The van der Waals surface area contributed by atoms with Gasteiger partial charge in [-0.3, -0.25) is 0 Å². The van der Waals surface area contributed by atoms with E-state index in [2.05, 4.69) is 26.0 Å². The van der Waals surface area contributed by atoms with Crippen molar-refractivity contribution in [3.8, 4) is 0 Å². The van der Waals surface area contributed by atoms with Crippen molar-refractivity contribution in [2.24, 2.45) is 35.5 Å². The molecule has 0 amide bonds. The van der Waals surface area contributed by atoms with Gasteiger partial charge in [0.15, 0.2) is 0 Å². The molecule has 23 heavy (non-hydrogen) atoms. The van der Waals surface area contributed by atoms with Crippen molar-refractivity contribution in [1.82, 2.24) is 0 Å². The number of allylic oxidation sites excluding steroid dienone is 2. The molecule has 3 aliphatic rings. The second kappa shape index (κ2) is 8.72. The molecule has 0 aliphatic heterocycles. The van der Waals surface area contributed by atoms with Crippen LogP contribution in [0.1, 0.15) is 97.3 Å². The van der Waals surface area contributed by atoms with E-state index >= 15 is 0 Å². The molecule has 0 aromatic carbocycles. The van der Waals surface area contributed by atoms with Crippen LogP contribution in [0.5, 0.6) is 0 Å². The Labute approximate surface area is 145 Å². The maximum atomic E-state index is 2.63. The molecule has 0 radical (unpaired) electrons. The van der Waals surface area contributed by atoms with Gasteiger partial charge in [0.05, 0.1) is 0 Å². The van der Waals surface area contributed by atoms with Gasteiger partial charge < -0.3 is 0 Å². The SMILES string of the molecule is CCCC1C=CC(C2CCC(C3CCC(CC)CC3)CC2)CC1. The molecule has 0 heteroatoms. The van der Waals surface area contributed by atoms with Crippen LogP contribution >= 0.6 is 0 Å². The van der Waals surface area contributed by atoms with Gasteiger partial charge in [0.2, 0.25) is 0 Å². The lowest BCUT2D eigenvalue weighted by molar-refractivity contribution is 0.128. The first-order chi connectivity index (χ1) is 11.3. The van der Waals surface area contributed by atoms with Gasteiger partial charge in [-0.1, -0.05) is 51.7 Å². The Bertz CT molecular complexity index is 352. The van der Waals surface area contributed by atoms with Crippen molar-refractivity contribution in [2.45, 2.75) is 97.3 Å². The van der Waals surface area contributed by atoms with Crippen LogP contribution in [0, 0.1) is 35.5 Å². The van der Waals surface area contributed by atoms with Crippen molar-refractivity contribution in [3.63, 3.8) is 0 Å². The van der Waals surface area contributed by atoms with Gasteiger partial charge in [-0.2, -0.15) is 0 Å². The van der Waals surface area contributed by atoms with Gasteiger partial charge in [0.25, 0.3) is 0 Å². The molecule has 132 valence electrons. The lowest BCUT2D eigenvalue weighted by atomic mass is 9.66. The summed E-state index contributed by atoms with van der Waals surface area (Å²) in [5, 5.41) is 0. The highest BCUT2D eigenvalue weighted by Gasteiger charge is 2.33. The summed E-state index contributed by atoms with van der Waals surface area (Å²) in [7, 11) is 0. The van der Waals surface area contributed by atoms with E-state index in [1.54, 1.807) is 25.7 Å². The van der Waals surface area contributed by atoms with Gasteiger partial charge in [-0.25, -0.2) is 0 Å². The van der Waals surface area contributed by atoms with Crippen LogP contribution in [0.25, 0.3) is 0 Å². The summed E-state index contributed by atoms with van der Waals surface area (Å²) in [4.78, 5) is 0. The van der Waals surface area contributed by atoms with Gasteiger partial charge in [0.1, 0.15) is 0 Å².